The number of rotatable bonds is 8. The normalized spacial score (nSPS) is 11.6. The lowest BCUT2D eigenvalue weighted by Gasteiger charge is -2.29. The zero-order valence-electron chi connectivity index (χ0n) is 12.8. The van der Waals surface area contributed by atoms with Crippen LogP contribution in [0.3, 0.4) is 0 Å². The number of anilines is 3. The summed E-state index contributed by atoms with van der Waals surface area (Å²) in [6.07, 6.45) is 0. The molecule has 15 nitrogen and oxygen atoms in total. The van der Waals surface area contributed by atoms with Gasteiger partial charge in [0.05, 0.1) is 25.2 Å². The molecular formula is C8H20BN6O9P. The molecule has 1 heterocycles. The van der Waals surface area contributed by atoms with Crippen LogP contribution < -0.4 is 17.2 Å². The zero-order chi connectivity index (χ0) is 19.7. The minimum Gasteiger partial charge on any atom is -0.402 e. The number of hydrogen-bond donors (Lipinski definition) is 9. The van der Waals surface area contributed by atoms with Crippen LogP contribution in [0.1, 0.15) is 0 Å². The number of aromatic nitrogens is 3. The van der Waals surface area contributed by atoms with Crippen molar-refractivity contribution in [2.45, 2.75) is 0 Å². The van der Waals surface area contributed by atoms with Gasteiger partial charge >= 0.3 is 15.1 Å². The van der Waals surface area contributed by atoms with Crippen LogP contribution in [0.25, 0.3) is 0 Å². The van der Waals surface area contributed by atoms with Crippen LogP contribution >= 0.6 is 7.82 Å². The number of phosphoric acid groups is 1. The van der Waals surface area contributed by atoms with E-state index >= 15 is 0 Å². The van der Waals surface area contributed by atoms with Crippen LogP contribution in [-0.4, -0.2) is 78.7 Å². The van der Waals surface area contributed by atoms with Gasteiger partial charge in [-0.1, -0.05) is 0 Å². The molecule has 25 heavy (non-hydrogen) atoms. The predicted molar refractivity (Wildman–Crippen MR) is 83.8 cm³/mol. The Morgan fingerprint density at radius 3 is 1.64 bits per heavy atom. The molecule has 0 saturated carbocycles. The molecule has 0 atom stereocenters. The second kappa shape index (κ2) is 10.4. The quantitative estimate of drug-likeness (QED) is 0.151. The van der Waals surface area contributed by atoms with Crippen molar-refractivity contribution in [3.05, 3.63) is 0 Å². The van der Waals surface area contributed by atoms with Crippen molar-refractivity contribution in [3.8, 4) is 0 Å². The monoisotopic (exact) mass is 386 g/mol. The van der Waals surface area contributed by atoms with E-state index in [4.69, 9.17) is 47.2 Å². The highest BCUT2D eigenvalue weighted by Gasteiger charge is 2.34. The number of aliphatic hydroxyl groups excluding tert-OH is 2. The highest BCUT2D eigenvalue weighted by Crippen LogP contribution is 2.38. The summed E-state index contributed by atoms with van der Waals surface area (Å²) in [6, 6.07) is 0. The molecule has 1 rings (SSSR count). The van der Waals surface area contributed by atoms with Crippen molar-refractivity contribution in [1.29, 1.82) is 0 Å². The summed E-state index contributed by atoms with van der Waals surface area (Å²) in [5.74, 6) is 0.125. The Kier molecular flexibility index (Phi) is 9.72. The van der Waals surface area contributed by atoms with Crippen LogP contribution in [0.5, 0.6) is 0 Å². The lowest BCUT2D eigenvalue weighted by atomic mass is 9.92. The van der Waals surface area contributed by atoms with Gasteiger partial charge in [0.15, 0.2) is 0 Å². The number of nitrogens with two attached hydrogens (primary N) is 3. The van der Waals surface area contributed by atoms with Gasteiger partial charge in [0.1, 0.15) is 0 Å². The predicted octanol–water partition coefficient (Wildman–Crippen LogP) is -4.33. The molecule has 0 bridgehead atoms. The number of phosphoric ester groups is 1. The summed E-state index contributed by atoms with van der Waals surface area (Å²) >= 11 is 0. The van der Waals surface area contributed by atoms with E-state index in [2.05, 4.69) is 24.1 Å². The Labute approximate surface area is 141 Å². The fourth-order valence-electron chi connectivity index (χ4n) is 1.17. The number of nitrogens with zero attached hydrogens (tertiary/aromatic N) is 3. The van der Waals surface area contributed by atoms with E-state index in [1.807, 2.05) is 0 Å². The van der Waals surface area contributed by atoms with Crippen LogP contribution in [0.2, 0.25) is 0 Å². The topological polar surface area (TPSA) is 274 Å². The molecule has 17 heteroatoms. The highest BCUT2D eigenvalue weighted by atomic mass is 31.2. The maximum Gasteiger partial charge on any atom is 0.633 e. The molecule has 0 radical (unpaired) electrons. The average molecular weight is 386 g/mol. The average Bonchev–Trinajstić information content (AvgIpc) is 2.46. The maximum absolute atomic E-state index is 10.4. The SMILES string of the molecule is Nc1nc(N)nc(N)n1.O=P(O)(O)OCC(CO)(CO)COB(O)O. The number of nitrogen functional groups attached to an aromatic ring is 3. The van der Waals surface area contributed by atoms with Gasteiger partial charge in [0.25, 0.3) is 0 Å². The van der Waals surface area contributed by atoms with Gasteiger partial charge in [0.2, 0.25) is 17.8 Å². The second-order valence-corrected chi connectivity index (χ2v) is 5.87. The van der Waals surface area contributed by atoms with E-state index in [9.17, 15) is 4.57 Å². The zero-order valence-corrected chi connectivity index (χ0v) is 13.7. The van der Waals surface area contributed by atoms with Crippen LogP contribution in [0, 0.1) is 5.41 Å². The molecule has 144 valence electrons. The summed E-state index contributed by atoms with van der Waals surface area (Å²) in [5.41, 5.74) is 13.9. The first-order valence-corrected chi connectivity index (χ1v) is 7.88. The summed E-state index contributed by atoms with van der Waals surface area (Å²) in [5, 5.41) is 34.7. The van der Waals surface area contributed by atoms with Gasteiger partial charge in [-0.25, -0.2) is 4.57 Å². The summed E-state index contributed by atoms with van der Waals surface area (Å²) < 4.78 is 18.8. The van der Waals surface area contributed by atoms with Gasteiger partial charge in [-0.15, -0.1) is 0 Å². The largest absolute Gasteiger partial charge is 0.633 e. The van der Waals surface area contributed by atoms with Gasteiger partial charge in [0, 0.05) is 6.61 Å². The molecule has 0 aliphatic heterocycles. The van der Waals surface area contributed by atoms with Gasteiger partial charge in [-0.3, -0.25) is 4.52 Å². The molecule has 0 unspecified atom stereocenters. The lowest BCUT2D eigenvalue weighted by molar-refractivity contribution is -0.0346. The van der Waals surface area contributed by atoms with E-state index in [1.54, 1.807) is 0 Å². The van der Waals surface area contributed by atoms with Crippen LogP contribution in [-0.2, 0) is 13.7 Å². The Bertz CT molecular complexity index is 521. The number of aliphatic hydroxyl groups is 2. The van der Waals surface area contributed by atoms with E-state index in [0.29, 0.717) is 0 Å². The molecule has 0 aliphatic rings. The van der Waals surface area contributed by atoms with Crippen molar-refractivity contribution in [3.63, 3.8) is 0 Å². The summed E-state index contributed by atoms with van der Waals surface area (Å²) in [7, 11) is -6.86. The van der Waals surface area contributed by atoms with E-state index in [0.717, 1.165) is 0 Å². The fraction of sp³-hybridized carbons (Fsp3) is 0.625. The van der Waals surface area contributed by atoms with Crippen molar-refractivity contribution < 1.29 is 43.8 Å². The Balaban J connectivity index is 0.000000535. The van der Waals surface area contributed by atoms with Crippen molar-refractivity contribution in [2.24, 2.45) is 5.41 Å². The smallest absolute Gasteiger partial charge is 0.402 e. The van der Waals surface area contributed by atoms with Crippen LogP contribution in [0.15, 0.2) is 0 Å². The van der Waals surface area contributed by atoms with Gasteiger partial charge < -0.3 is 51.9 Å². The molecule has 1 aromatic heterocycles. The molecule has 0 aliphatic carbocycles. The molecule has 0 aromatic carbocycles. The van der Waals surface area contributed by atoms with Crippen molar-refractivity contribution in [2.75, 3.05) is 43.6 Å². The second-order valence-electron chi connectivity index (χ2n) is 4.63. The van der Waals surface area contributed by atoms with Crippen molar-refractivity contribution >= 4 is 33.0 Å². The third kappa shape index (κ3) is 10.8. The van der Waals surface area contributed by atoms with Crippen LogP contribution in [0.4, 0.5) is 17.8 Å². The lowest BCUT2D eigenvalue weighted by Crippen LogP contribution is -2.41. The standard InChI is InChI=1S/C5H14BO9P.C3H6N6/c7-1-5(2-8,3-14-6(9)10)4-15-16(11,12)13;4-1-7-2(5)9-3(6)8-1/h7-10H,1-4H2,(H2,11,12,13);(H6,4,5,6,7,8,9). The van der Waals surface area contributed by atoms with Crippen molar-refractivity contribution in [1.82, 2.24) is 15.0 Å². The summed E-state index contributed by atoms with van der Waals surface area (Å²) in [4.78, 5) is 27.3. The van der Waals surface area contributed by atoms with Gasteiger partial charge in [-0.2, -0.15) is 15.0 Å². The molecule has 12 N–H and O–H groups in total. The Morgan fingerprint density at radius 2 is 1.36 bits per heavy atom. The first-order valence-electron chi connectivity index (χ1n) is 6.35. The maximum atomic E-state index is 10.4. The minimum absolute atomic E-state index is 0.0417. The van der Waals surface area contributed by atoms with Gasteiger partial charge in [-0.05, 0) is 0 Å². The molecule has 0 saturated heterocycles. The molecular weight excluding hydrogens is 366 g/mol. The van der Waals surface area contributed by atoms with E-state index in [1.165, 1.54) is 0 Å². The van der Waals surface area contributed by atoms with E-state index < -0.39 is 47.0 Å². The Morgan fingerprint density at radius 1 is 0.960 bits per heavy atom. The minimum atomic E-state index is -4.74. The highest BCUT2D eigenvalue weighted by molar-refractivity contribution is 7.46. The molecule has 1 aromatic rings. The third-order valence-corrected chi connectivity index (χ3v) is 2.90. The van der Waals surface area contributed by atoms with E-state index in [-0.39, 0.29) is 17.8 Å². The fourth-order valence-corrected chi connectivity index (χ4v) is 1.62. The first kappa shape index (κ1) is 23.4. The molecule has 0 spiro atoms. The molecule has 0 fully saturated rings. The third-order valence-electron chi connectivity index (χ3n) is 2.44. The Hall–Kier alpha value is -1.62. The number of hydrogen-bond acceptors (Lipinski definition) is 13. The summed E-state index contributed by atoms with van der Waals surface area (Å²) in [6.45, 7) is -2.67. The first-order chi connectivity index (χ1) is 11.4. The molecule has 0 amide bonds.